The van der Waals surface area contributed by atoms with Crippen LogP contribution in [0, 0.1) is 12.3 Å². The second kappa shape index (κ2) is 6.65. The second-order valence-corrected chi connectivity index (χ2v) is 6.20. The molecule has 0 amide bonds. The minimum atomic E-state index is 0.300. The average Bonchev–Trinajstić information content (AvgIpc) is 2.47. The van der Waals surface area contributed by atoms with E-state index < -0.39 is 0 Å². The lowest BCUT2D eigenvalue weighted by atomic mass is 9.76. The first-order valence-electron chi connectivity index (χ1n) is 7.02. The van der Waals surface area contributed by atoms with Gasteiger partial charge in [-0.2, -0.15) is 0 Å². The molecule has 1 aromatic carbocycles. The number of alkyl halides is 1. The van der Waals surface area contributed by atoms with Crippen LogP contribution < -0.4 is 9.47 Å². The fraction of sp³-hybridized carbons (Fsp3) is 0.625. The van der Waals surface area contributed by atoms with Gasteiger partial charge in [0.15, 0.2) is 11.5 Å². The number of halogens is 1. The lowest BCUT2D eigenvalue weighted by molar-refractivity contribution is 0.119. The van der Waals surface area contributed by atoms with Crippen molar-refractivity contribution >= 4 is 15.9 Å². The predicted octanol–water partition coefficient (Wildman–Crippen LogP) is 4.73. The van der Waals surface area contributed by atoms with Crippen LogP contribution in [-0.4, -0.2) is 19.0 Å². The van der Waals surface area contributed by atoms with E-state index in [4.69, 9.17) is 9.47 Å². The van der Waals surface area contributed by atoms with Gasteiger partial charge < -0.3 is 9.47 Å². The van der Waals surface area contributed by atoms with Crippen LogP contribution >= 0.6 is 15.9 Å². The molecule has 1 fully saturated rings. The minimum Gasteiger partial charge on any atom is -0.493 e. The molecule has 0 N–H and O–H groups in total. The van der Waals surface area contributed by atoms with E-state index in [-0.39, 0.29) is 0 Å². The van der Waals surface area contributed by atoms with Gasteiger partial charge in [-0.15, -0.1) is 0 Å². The Morgan fingerprint density at radius 1 is 1.16 bits per heavy atom. The Labute approximate surface area is 124 Å². The molecule has 1 aliphatic carbocycles. The fourth-order valence-electron chi connectivity index (χ4n) is 2.74. The maximum absolute atomic E-state index is 6.06. The highest BCUT2D eigenvalue weighted by Gasteiger charge is 2.32. The number of ether oxygens (including phenoxy) is 2. The summed E-state index contributed by atoms with van der Waals surface area (Å²) in [6, 6.07) is 6.11. The molecule has 1 aromatic rings. The molecule has 0 bridgehead atoms. The summed E-state index contributed by atoms with van der Waals surface area (Å²) in [5.74, 6) is 1.69. The first-order chi connectivity index (χ1) is 9.19. The molecule has 0 spiro atoms. The van der Waals surface area contributed by atoms with Gasteiger partial charge in [0.05, 0.1) is 13.7 Å². The molecular weight excluding hydrogens is 304 g/mol. The lowest BCUT2D eigenvalue weighted by Gasteiger charge is -2.35. The van der Waals surface area contributed by atoms with Gasteiger partial charge in [-0.05, 0) is 37.5 Å². The van der Waals surface area contributed by atoms with Crippen LogP contribution in [0.3, 0.4) is 0 Å². The lowest BCUT2D eigenvalue weighted by Crippen LogP contribution is -2.32. The van der Waals surface area contributed by atoms with E-state index >= 15 is 0 Å². The second-order valence-electron chi connectivity index (χ2n) is 5.64. The summed E-state index contributed by atoms with van der Waals surface area (Å²) in [7, 11) is 1.70. The Balaban J connectivity index is 2.04. The molecule has 0 unspecified atom stereocenters. The average molecular weight is 327 g/mol. The molecule has 0 aromatic heterocycles. The molecule has 0 atom stereocenters. The van der Waals surface area contributed by atoms with Crippen molar-refractivity contribution in [3.05, 3.63) is 23.8 Å². The molecule has 0 saturated heterocycles. The van der Waals surface area contributed by atoms with E-state index in [1.807, 2.05) is 12.1 Å². The van der Waals surface area contributed by atoms with Gasteiger partial charge in [-0.3, -0.25) is 0 Å². The monoisotopic (exact) mass is 326 g/mol. The standard InChI is InChI=1S/C16H23BrO2/c1-13-6-7-14(15(10-13)18-2)19-12-16(11-17)8-4-3-5-9-16/h6-7,10H,3-5,8-9,11-12H2,1-2H3. The van der Waals surface area contributed by atoms with Crippen LogP contribution in [0.25, 0.3) is 0 Å². The molecule has 1 saturated carbocycles. The Morgan fingerprint density at radius 3 is 2.53 bits per heavy atom. The number of hydrogen-bond acceptors (Lipinski definition) is 2. The summed E-state index contributed by atoms with van der Waals surface area (Å²) in [4.78, 5) is 0. The highest BCUT2D eigenvalue weighted by Crippen LogP contribution is 2.39. The van der Waals surface area contributed by atoms with Crippen molar-refractivity contribution in [2.75, 3.05) is 19.0 Å². The smallest absolute Gasteiger partial charge is 0.161 e. The SMILES string of the molecule is COc1cc(C)ccc1OCC1(CBr)CCCCC1. The highest BCUT2D eigenvalue weighted by molar-refractivity contribution is 9.09. The number of aryl methyl sites for hydroxylation is 1. The molecule has 19 heavy (non-hydrogen) atoms. The third-order valence-electron chi connectivity index (χ3n) is 4.05. The van der Waals surface area contributed by atoms with Gasteiger partial charge in [0.25, 0.3) is 0 Å². The zero-order valence-corrected chi connectivity index (χ0v) is 13.5. The van der Waals surface area contributed by atoms with E-state index in [2.05, 4.69) is 28.9 Å². The van der Waals surface area contributed by atoms with Gasteiger partial charge in [0, 0.05) is 10.7 Å². The molecule has 2 rings (SSSR count). The molecule has 106 valence electrons. The van der Waals surface area contributed by atoms with Crippen molar-refractivity contribution < 1.29 is 9.47 Å². The summed E-state index contributed by atoms with van der Waals surface area (Å²) in [5.41, 5.74) is 1.49. The quantitative estimate of drug-likeness (QED) is 0.728. The molecule has 3 heteroatoms. The summed E-state index contributed by atoms with van der Waals surface area (Å²) in [6.07, 6.45) is 6.52. The molecule has 2 nitrogen and oxygen atoms in total. The topological polar surface area (TPSA) is 18.5 Å². The normalized spacial score (nSPS) is 18.1. The number of benzene rings is 1. The Morgan fingerprint density at radius 2 is 1.89 bits per heavy atom. The third-order valence-corrected chi connectivity index (χ3v) is 5.24. The summed E-state index contributed by atoms with van der Waals surface area (Å²) in [5, 5.41) is 1.02. The van der Waals surface area contributed by atoms with E-state index in [1.54, 1.807) is 7.11 Å². The van der Waals surface area contributed by atoms with Gasteiger partial charge in [-0.1, -0.05) is 41.3 Å². The fourth-order valence-corrected chi connectivity index (χ4v) is 3.47. The number of rotatable bonds is 5. The first-order valence-corrected chi connectivity index (χ1v) is 8.15. The van der Waals surface area contributed by atoms with Crippen molar-refractivity contribution in [3.8, 4) is 11.5 Å². The van der Waals surface area contributed by atoms with E-state index in [1.165, 1.54) is 37.7 Å². The molecule has 0 heterocycles. The molecule has 0 aliphatic heterocycles. The maximum Gasteiger partial charge on any atom is 0.161 e. The van der Waals surface area contributed by atoms with Crippen LogP contribution in [0.15, 0.2) is 18.2 Å². The van der Waals surface area contributed by atoms with Crippen molar-refractivity contribution in [1.82, 2.24) is 0 Å². The minimum absolute atomic E-state index is 0.300. The Bertz CT molecular complexity index is 411. The van der Waals surface area contributed by atoms with Crippen LogP contribution in [0.2, 0.25) is 0 Å². The number of methoxy groups -OCH3 is 1. The van der Waals surface area contributed by atoms with Gasteiger partial charge in [0.1, 0.15) is 0 Å². The zero-order chi connectivity index (χ0) is 13.7. The molecular formula is C16H23BrO2. The Hall–Kier alpha value is -0.700. The third kappa shape index (κ3) is 3.65. The number of hydrogen-bond donors (Lipinski definition) is 0. The van der Waals surface area contributed by atoms with Gasteiger partial charge in [0.2, 0.25) is 0 Å². The molecule has 1 aliphatic rings. The summed E-state index contributed by atoms with van der Waals surface area (Å²) < 4.78 is 11.5. The zero-order valence-electron chi connectivity index (χ0n) is 11.9. The van der Waals surface area contributed by atoms with E-state index in [0.29, 0.717) is 5.41 Å². The largest absolute Gasteiger partial charge is 0.493 e. The van der Waals surface area contributed by atoms with Crippen LogP contribution in [0.1, 0.15) is 37.7 Å². The summed E-state index contributed by atoms with van der Waals surface area (Å²) in [6.45, 7) is 2.84. The van der Waals surface area contributed by atoms with Crippen molar-refractivity contribution in [2.24, 2.45) is 5.41 Å². The van der Waals surface area contributed by atoms with Gasteiger partial charge in [-0.25, -0.2) is 0 Å². The van der Waals surface area contributed by atoms with Crippen LogP contribution in [0.4, 0.5) is 0 Å². The van der Waals surface area contributed by atoms with E-state index in [9.17, 15) is 0 Å². The van der Waals surface area contributed by atoms with E-state index in [0.717, 1.165) is 23.4 Å². The summed E-state index contributed by atoms with van der Waals surface area (Å²) >= 11 is 3.68. The first kappa shape index (κ1) is 14.7. The Kier molecular flexibility index (Phi) is 5.14. The highest BCUT2D eigenvalue weighted by atomic mass is 79.9. The molecule has 0 radical (unpaired) electrons. The van der Waals surface area contributed by atoms with Crippen molar-refractivity contribution in [2.45, 2.75) is 39.0 Å². The van der Waals surface area contributed by atoms with Crippen molar-refractivity contribution in [1.29, 1.82) is 0 Å². The van der Waals surface area contributed by atoms with Crippen LogP contribution in [0.5, 0.6) is 11.5 Å². The predicted molar refractivity (Wildman–Crippen MR) is 82.5 cm³/mol. The maximum atomic E-state index is 6.06. The van der Waals surface area contributed by atoms with Crippen molar-refractivity contribution in [3.63, 3.8) is 0 Å². The van der Waals surface area contributed by atoms with Crippen LogP contribution in [-0.2, 0) is 0 Å². The van der Waals surface area contributed by atoms with Gasteiger partial charge >= 0.3 is 0 Å².